The number of nitrogens with zero attached hydrogens (tertiary/aromatic N) is 2. The maximum absolute atomic E-state index is 10.6. The van der Waals surface area contributed by atoms with Crippen molar-refractivity contribution in [2.75, 3.05) is 0 Å². The van der Waals surface area contributed by atoms with E-state index in [4.69, 9.17) is 10.8 Å². The minimum Gasteiger partial charge on any atom is -0.463 e. The molecular formula is C8H11N3O2. The summed E-state index contributed by atoms with van der Waals surface area (Å²) in [5.74, 6) is 0. The molecule has 0 radical (unpaired) electrons. The number of nitrogens with two attached hydrogens (primary N) is 1. The summed E-state index contributed by atoms with van der Waals surface area (Å²) >= 11 is 0. The van der Waals surface area contributed by atoms with E-state index in [2.05, 4.69) is 5.10 Å². The van der Waals surface area contributed by atoms with Crippen LogP contribution in [0.2, 0.25) is 0 Å². The standard InChI is InChI=1S/C8H11N3O2/c9-6-2-1-3-7-5(6)4-11(10-7)8(12)13/h4,6H,1-3,9H2,(H,12,13). The van der Waals surface area contributed by atoms with E-state index in [9.17, 15) is 4.79 Å². The van der Waals surface area contributed by atoms with Crippen LogP contribution in [0.25, 0.3) is 0 Å². The Morgan fingerprint density at radius 2 is 2.54 bits per heavy atom. The summed E-state index contributed by atoms with van der Waals surface area (Å²) in [6.07, 6.45) is 3.20. The molecule has 0 saturated heterocycles. The van der Waals surface area contributed by atoms with Gasteiger partial charge in [-0.2, -0.15) is 9.78 Å². The zero-order valence-electron chi connectivity index (χ0n) is 7.10. The van der Waals surface area contributed by atoms with Gasteiger partial charge in [-0.3, -0.25) is 0 Å². The Morgan fingerprint density at radius 1 is 1.77 bits per heavy atom. The van der Waals surface area contributed by atoms with Gasteiger partial charge in [0.25, 0.3) is 0 Å². The molecular weight excluding hydrogens is 170 g/mol. The summed E-state index contributed by atoms with van der Waals surface area (Å²) in [5.41, 5.74) is 7.53. The molecule has 1 unspecified atom stereocenters. The van der Waals surface area contributed by atoms with Crippen LogP contribution in [0.4, 0.5) is 4.79 Å². The molecule has 0 spiro atoms. The zero-order chi connectivity index (χ0) is 9.42. The van der Waals surface area contributed by atoms with E-state index in [1.165, 1.54) is 6.20 Å². The van der Waals surface area contributed by atoms with Crippen molar-refractivity contribution in [3.05, 3.63) is 17.5 Å². The summed E-state index contributed by atoms with van der Waals surface area (Å²) in [6, 6.07) is -0.0446. The third-order valence-corrected chi connectivity index (χ3v) is 2.35. The van der Waals surface area contributed by atoms with Crippen molar-refractivity contribution in [2.45, 2.75) is 25.3 Å². The van der Waals surface area contributed by atoms with Crippen molar-refractivity contribution in [1.82, 2.24) is 9.78 Å². The molecule has 5 heteroatoms. The SMILES string of the molecule is NC1CCCc2nn(C(=O)O)cc21. The van der Waals surface area contributed by atoms with Crippen molar-refractivity contribution >= 4 is 6.09 Å². The molecule has 0 saturated carbocycles. The van der Waals surface area contributed by atoms with E-state index in [0.29, 0.717) is 0 Å². The van der Waals surface area contributed by atoms with Crippen LogP contribution in [0.5, 0.6) is 0 Å². The molecule has 1 aliphatic rings. The van der Waals surface area contributed by atoms with E-state index < -0.39 is 6.09 Å². The molecule has 13 heavy (non-hydrogen) atoms. The molecule has 3 N–H and O–H groups in total. The van der Waals surface area contributed by atoms with Crippen LogP contribution in [0, 0.1) is 0 Å². The molecule has 0 bridgehead atoms. The molecule has 1 aliphatic carbocycles. The van der Waals surface area contributed by atoms with Crippen LogP contribution in [0.15, 0.2) is 6.20 Å². The quantitative estimate of drug-likeness (QED) is 0.618. The number of hydrogen-bond donors (Lipinski definition) is 2. The Morgan fingerprint density at radius 3 is 3.15 bits per heavy atom. The number of carbonyl (C=O) groups is 1. The Kier molecular flexibility index (Phi) is 1.81. The van der Waals surface area contributed by atoms with Crippen molar-refractivity contribution in [3.8, 4) is 0 Å². The highest BCUT2D eigenvalue weighted by Gasteiger charge is 2.21. The second-order valence-electron chi connectivity index (χ2n) is 3.26. The fourth-order valence-corrected chi connectivity index (χ4v) is 1.67. The average molecular weight is 181 g/mol. The molecule has 1 heterocycles. The first-order valence-corrected chi connectivity index (χ1v) is 4.26. The second kappa shape index (κ2) is 2.85. The Balaban J connectivity index is 2.42. The predicted molar refractivity (Wildman–Crippen MR) is 45.5 cm³/mol. The second-order valence-corrected chi connectivity index (χ2v) is 3.26. The maximum Gasteiger partial charge on any atom is 0.432 e. The van der Waals surface area contributed by atoms with Gasteiger partial charge in [-0.05, 0) is 19.3 Å². The Bertz CT molecular complexity index is 345. The Labute approximate surface area is 75.2 Å². The predicted octanol–water partition coefficient (Wildman–Crippen LogP) is 0.745. The third kappa shape index (κ3) is 1.31. The van der Waals surface area contributed by atoms with Crippen LogP contribution < -0.4 is 5.73 Å². The summed E-state index contributed by atoms with van der Waals surface area (Å²) in [7, 11) is 0. The van der Waals surface area contributed by atoms with Crippen LogP contribution in [0.3, 0.4) is 0 Å². The summed E-state index contributed by atoms with van der Waals surface area (Å²) in [5, 5.41) is 12.6. The Hall–Kier alpha value is -1.36. The van der Waals surface area contributed by atoms with E-state index in [1.807, 2.05) is 0 Å². The lowest BCUT2D eigenvalue weighted by atomic mass is 9.94. The molecule has 1 aromatic rings. The highest BCUT2D eigenvalue weighted by molar-refractivity contribution is 5.67. The first-order valence-electron chi connectivity index (χ1n) is 4.26. The largest absolute Gasteiger partial charge is 0.463 e. The van der Waals surface area contributed by atoms with Gasteiger partial charge in [0.05, 0.1) is 5.69 Å². The van der Waals surface area contributed by atoms with Crippen molar-refractivity contribution in [1.29, 1.82) is 0 Å². The van der Waals surface area contributed by atoms with E-state index in [0.717, 1.165) is 35.2 Å². The highest BCUT2D eigenvalue weighted by Crippen LogP contribution is 2.26. The summed E-state index contributed by atoms with van der Waals surface area (Å²) in [6.45, 7) is 0. The third-order valence-electron chi connectivity index (χ3n) is 2.35. The van der Waals surface area contributed by atoms with E-state index in [-0.39, 0.29) is 6.04 Å². The molecule has 1 aromatic heterocycles. The van der Waals surface area contributed by atoms with Gasteiger partial charge in [-0.15, -0.1) is 0 Å². The average Bonchev–Trinajstić information content (AvgIpc) is 2.49. The fourth-order valence-electron chi connectivity index (χ4n) is 1.67. The lowest BCUT2D eigenvalue weighted by Crippen LogP contribution is -2.15. The minimum absolute atomic E-state index is 0.0446. The van der Waals surface area contributed by atoms with Gasteiger partial charge in [0.15, 0.2) is 0 Å². The zero-order valence-corrected chi connectivity index (χ0v) is 7.10. The lowest BCUT2D eigenvalue weighted by molar-refractivity contribution is 0.192. The van der Waals surface area contributed by atoms with Crippen LogP contribution >= 0.6 is 0 Å². The normalized spacial score (nSPS) is 21.2. The number of rotatable bonds is 0. The van der Waals surface area contributed by atoms with Crippen LogP contribution in [-0.2, 0) is 6.42 Å². The molecule has 1 atom stereocenters. The highest BCUT2D eigenvalue weighted by atomic mass is 16.4. The summed E-state index contributed by atoms with van der Waals surface area (Å²) in [4.78, 5) is 10.6. The molecule has 70 valence electrons. The fraction of sp³-hybridized carbons (Fsp3) is 0.500. The number of aromatic nitrogens is 2. The summed E-state index contributed by atoms with van der Waals surface area (Å²) < 4.78 is 0.940. The van der Waals surface area contributed by atoms with Gasteiger partial charge in [0.1, 0.15) is 0 Å². The van der Waals surface area contributed by atoms with Crippen molar-refractivity contribution < 1.29 is 9.90 Å². The van der Waals surface area contributed by atoms with Gasteiger partial charge < -0.3 is 10.8 Å². The molecule has 0 aliphatic heterocycles. The van der Waals surface area contributed by atoms with Gasteiger partial charge in [-0.1, -0.05) is 0 Å². The van der Waals surface area contributed by atoms with Crippen LogP contribution in [-0.4, -0.2) is 21.0 Å². The molecule has 0 amide bonds. The monoisotopic (exact) mass is 181 g/mol. The van der Waals surface area contributed by atoms with Crippen molar-refractivity contribution in [3.63, 3.8) is 0 Å². The number of carboxylic acid groups (broad SMARTS) is 1. The van der Waals surface area contributed by atoms with Gasteiger partial charge in [-0.25, -0.2) is 4.79 Å². The first-order chi connectivity index (χ1) is 6.18. The van der Waals surface area contributed by atoms with E-state index in [1.54, 1.807) is 0 Å². The molecule has 0 aromatic carbocycles. The van der Waals surface area contributed by atoms with Crippen LogP contribution in [0.1, 0.15) is 30.1 Å². The molecule has 5 nitrogen and oxygen atoms in total. The lowest BCUT2D eigenvalue weighted by Gasteiger charge is -2.15. The minimum atomic E-state index is -1.05. The van der Waals surface area contributed by atoms with Gasteiger partial charge >= 0.3 is 6.09 Å². The number of fused-ring (bicyclic) bond motifs is 1. The number of aryl methyl sites for hydroxylation is 1. The topological polar surface area (TPSA) is 81.1 Å². The smallest absolute Gasteiger partial charge is 0.432 e. The molecule has 0 fully saturated rings. The van der Waals surface area contributed by atoms with Gasteiger partial charge in [0.2, 0.25) is 0 Å². The number of hydrogen-bond acceptors (Lipinski definition) is 3. The maximum atomic E-state index is 10.6. The van der Waals surface area contributed by atoms with Crippen molar-refractivity contribution in [2.24, 2.45) is 5.73 Å². The molecule has 2 rings (SSSR count). The van der Waals surface area contributed by atoms with Gasteiger partial charge in [0, 0.05) is 17.8 Å². The first kappa shape index (κ1) is 8.25. The van der Waals surface area contributed by atoms with E-state index >= 15 is 0 Å².